The first-order chi connectivity index (χ1) is 9.25. The second kappa shape index (κ2) is 5.02. The molecule has 2 rings (SSSR count). The Kier molecular flexibility index (Phi) is 3.70. The predicted octanol–water partition coefficient (Wildman–Crippen LogP) is 0.355. The van der Waals surface area contributed by atoms with Gasteiger partial charge in [0, 0.05) is 12.2 Å². The molecule has 0 radical (unpaired) electrons. The molecule has 1 aromatic carbocycles. The van der Waals surface area contributed by atoms with Crippen LogP contribution < -0.4 is 11.5 Å². The zero-order valence-electron chi connectivity index (χ0n) is 11.0. The van der Waals surface area contributed by atoms with Crippen LogP contribution in [0.1, 0.15) is 18.4 Å². The Labute approximate surface area is 116 Å². The molecule has 1 saturated heterocycles. The number of hydrogen-bond acceptors (Lipinski definition) is 4. The van der Waals surface area contributed by atoms with Crippen molar-refractivity contribution >= 4 is 21.6 Å². The van der Waals surface area contributed by atoms with Crippen LogP contribution in [0.25, 0.3) is 0 Å². The maximum atomic E-state index is 14.1. The van der Waals surface area contributed by atoms with Crippen molar-refractivity contribution in [2.75, 3.05) is 12.3 Å². The summed E-state index contributed by atoms with van der Waals surface area (Å²) in [5.74, 6) is -1.58. The largest absolute Gasteiger partial charge is 0.399 e. The van der Waals surface area contributed by atoms with Gasteiger partial charge >= 0.3 is 0 Å². The third kappa shape index (κ3) is 2.36. The number of benzene rings is 1. The second-order valence-corrected chi connectivity index (χ2v) is 6.69. The zero-order chi connectivity index (χ0) is 15.1. The molecule has 1 amide bonds. The molecule has 20 heavy (non-hydrogen) atoms. The van der Waals surface area contributed by atoms with E-state index >= 15 is 0 Å². The van der Waals surface area contributed by atoms with Gasteiger partial charge in [-0.05, 0) is 37.5 Å². The highest BCUT2D eigenvalue weighted by molar-refractivity contribution is 7.89. The van der Waals surface area contributed by atoms with E-state index in [0.717, 1.165) is 10.4 Å². The SMILES string of the molecule is Cc1cc(N)cc(S(=O)(=O)N2CCCC2C(N)=O)c1F. The van der Waals surface area contributed by atoms with Gasteiger partial charge in [-0.1, -0.05) is 0 Å². The van der Waals surface area contributed by atoms with Crippen molar-refractivity contribution in [2.45, 2.75) is 30.7 Å². The summed E-state index contributed by atoms with van der Waals surface area (Å²) in [6.07, 6.45) is 0.854. The lowest BCUT2D eigenvalue weighted by atomic mass is 10.2. The van der Waals surface area contributed by atoms with Gasteiger partial charge in [0.2, 0.25) is 15.9 Å². The van der Waals surface area contributed by atoms with Crippen LogP contribution in [0.5, 0.6) is 0 Å². The molecule has 6 nitrogen and oxygen atoms in total. The Morgan fingerprint density at radius 3 is 2.70 bits per heavy atom. The minimum absolute atomic E-state index is 0.137. The lowest BCUT2D eigenvalue weighted by Crippen LogP contribution is -2.43. The van der Waals surface area contributed by atoms with Crippen LogP contribution >= 0.6 is 0 Å². The van der Waals surface area contributed by atoms with Crippen molar-refractivity contribution in [2.24, 2.45) is 5.73 Å². The summed E-state index contributed by atoms with van der Waals surface area (Å²) in [6, 6.07) is 1.49. The monoisotopic (exact) mass is 301 g/mol. The van der Waals surface area contributed by atoms with Gasteiger partial charge in [0.05, 0.1) is 0 Å². The number of rotatable bonds is 3. The maximum absolute atomic E-state index is 14.1. The summed E-state index contributed by atoms with van der Waals surface area (Å²) in [7, 11) is -4.13. The summed E-state index contributed by atoms with van der Waals surface area (Å²) < 4.78 is 40.0. The number of nitrogens with zero attached hydrogens (tertiary/aromatic N) is 1. The normalized spacial score (nSPS) is 20.2. The zero-order valence-corrected chi connectivity index (χ0v) is 11.8. The molecule has 1 heterocycles. The van der Waals surface area contributed by atoms with E-state index in [1.54, 1.807) is 0 Å². The number of nitrogens with two attached hydrogens (primary N) is 2. The molecule has 8 heteroatoms. The van der Waals surface area contributed by atoms with E-state index in [4.69, 9.17) is 11.5 Å². The number of hydrogen-bond donors (Lipinski definition) is 2. The van der Waals surface area contributed by atoms with Gasteiger partial charge in [-0.2, -0.15) is 4.31 Å². The third-order valence-electron chi connectivity index (χ3n) is 3.36. The van der Waals surface area contributed by atoms with Crippen molar-refractivity contribution in [1.29, 1.82) is 0 Å². The molecule has 1 aliphatic rings. The first kappa shape index (κ1) is 14.7. The Morgan fingerprint density at radius 1 is 1.45 bits per heavy atom. The molecule has 0 bridgehead atoms. The van der Waals surface area contributed by atoms with Gasteiger partial charge in [-0.15, -0.1) is 0 Å². The van der Waals surface area contributed by atoms with Gasteiger partial charge in [-0.3, -0.25) is 4.79 Å². The van der Waals surface area contributed by atoms with E-state index in [-0.39, 0.29) is 17.8 Å². The number of sulfonamides is 1. The minimum Gasteiger partial charge on any atom is -0.399 e. The second-order valence-electron chi connectivity index (χ2n) is 4.83. The number of aryl methyl sites for hydroxylation is 1. The Morgan fingerprint density at radius 2 is 2.10 bits per heavy atom. The van der Waals surface area contributed by atoms with Crippen LogP contribution in [0.3, 0.4) is 0 Å². The van der Waals surface area contributed by atoms with Crippen LogP contribution in [-0.4, -0.2) is 31.2 Å². The molecule has 1 aliphatic heterocycles. The Balaban J connectivity index is 2.53. The topological polar surface area (TPSA) is 106 Å². The minimum atomic E-state index is -4.13. The average Bonchev–Trinajstić information content (AvgIpc) is 2.83. The first-order valence-electron chi connectivity index (χ1n) is 6.12. The number of carbonyl (C=O) groups excluding carboxylic acids is 1. The average molecular weight is 301 g/mol. The molecular weight excluding hydrogens is 285 g/mol. The fourth-order valence-corrected chi connectivity index (χ4v) is 4.23. The lowest BCUT2D eigenvalue weighted by molar-refractivity contribution is -0.121. The van der Waals surface area contributed by atoms with Crippen molar-refractivity contribution in [3.8, 4) is 0 Å². The Hall–Kier alpha value is -1.67. The number of amides is 1. The highest BCUT2D eigenvalue weighted by Crippen LogP contribution is 2.29. The fourth-order valence-electron chi connectivity index (χ4n) is 2.39. The van der Waals surface area contributed by atoms with Crippen molar-refractivity contribution in [1.82, 2.24) is 4.31 Å². The van der Waals surface area contributed by atoms with E-state index < -0.39 is 32.7 Å². The highest BCUT2D eigenvalue weighted by Gasteiger charge is 2.39. The smallest absolute Gasteiger partial charge is 0.246 e. The van der Waals surface area contributed by atoms with E-state index in [1.165, 1.54) is 13.0 Å². The molecule has 4 N–H and O–H groups in total. The van der Waals surface area contributed by atoms with Crippen molar-refractivity contribution in [3.05, 3.63) is 23.5 Å². The predicted molar refractivity (Wildman–Crippen MR) is 71.7 cm³/mol. The molecule has 110 valence electrons. The van der Waals surface area contributed by atoms with Crippen LogP contribution in [0.4, 0.5) is 10.1 Å². The Bertz CT molecular complexity index is 660. The summed E-state index contributed by atoms with van der Waals surface area (Å²) >= 11 is 0. The van der Waals surface area contributed by atoms with E-state index in [0.29, 0.717) is 12.8 Å². The molecule has 0 saturated carbocycles. The van der Waals surface area contributed by atoms with Crippen molar-refractivity contribution < 1.29 is 17.6 Å². The lowest BCUT2D eigenvalue weighted by Gasteiger charge is -2.22. The standard InChI is InChI=1S/C12H16FN3O3S/c1-7-5-8(14)6-10(11(7)13)20(18,19)16-4-2-3-9(16)12(15)17/h5-6,9H,2-4,14H2,1H3,(H2,15,17). The molecule has 0 spiro atoms. The molecular formula is C12H16FN3O3S. The number of nitrogen functional groups attached to an aromatic ring is 1. The highest BCUT2D eigenvalue weighted by atomic mass is 32.2. The van der Waals surface area contributed by atoms with Crippen LogP contribution in [0.2, 0.25) is 0 Å². The first-order valence-corrected chi connectivity index (χ1v) is 7.56. The van der Waals surface area contributed by atoms with E-state index in [2.05, 4.69) is 0 Å². The molecule has 0 aromatic heterocycles. The molecule has 1 unspecified atom stereocenters. The summed E-state index contributed by atoms with van der Waals surface area (Å²) in [6.45, 7) is 1.57. The fraction of sp³-hybridized carbons (Fsp3) is 0.417. The number of halogens is 1. The van der Waals surface area contributed by atoms with Crippen LogP contribution in [-0.2, 0) is 14.8 Å². The molecule has 1 atom stereocenters. The molecule has 0 aliphatic carbocycles. The van der Waals surface area contributed by atoms with E-state index in [1.807, 2.05) is 0 Å². The van der Waals surface area contributed by atoms with E-state index in [9.17, 15) is 17.6 Å². The van der Waals surface area contributed by atoms with Crippen LogP contribution in [0.15, 0.2) is 17.0 Å². The number of primary amides is 1. The molecule has 1 aromatic rings. The van der Waals surface area contributed by atoms with Gasteiger partial charge in [-0.25, -0.2) is 12.8 Å². The third-order valence-corrected chi connectivity index (χ3v) is 5.27. The van der Waals surface area contributed by atoms with Crippen molar-refractivity contribution in [3.63, 3.8) is 0 Å². The quantitative estimate of drug-likeness (QED) is 0.786. The van der Waals surface area contributed by atoms with Gasteiger partial charge < -0.3 is 11.5 Å². The summed E-state index contributed by atoms with van der Waals surface area (Å²) in [5.41, 5.74) is 11.1. The maximum Gasteiger partial charge on any atom is 0.246 e. The van der Waals surface area contributed by atoms with Gasteiger partial charge in [0.15, 0.2) is 0 Å². The molecule has 1 fully saturated rings. The summed E-state index contributed by atoms with van der Waals surface area (Å²) in [5, 5.41) is 0. The number of carbonyl (C=O) groups is 1. The van der Waals surface area contributed by atoms with Gasteiger partial charge in [0.25, 0.3) is 0 Å². The number of anilines is 1. The van der Waals surface area contributed by atoms with Crippen LogP contribution in [0, 0.1) is 12.7 Å². The van der Waals surface area contributed by atoms with Gasteiger partial charge in [0.1, 0.15) is 16.8 Å². The summed E-state index contributed by atoms with van der Waals surface area (Å²) in [4.78, 5) is 10.8.